The van der Waals surface area contributed by atoms with Gasteiger partial charge in [-0.3, -0.25) is 0 Å². The van der Waals surface area contributed by atoms with Gasteiger partial charge in [0, 0.05) is 0 Å². The number of hydrogen-bond donors (Lipinski definition) is 1. The standard InChI is InChI=1S/C8H16.ClH.H3N/c1-2-3-4-5-8-6-7-8;;/h8H,2-7H2,1H3;1H;1H3. The van der Waals surface area contributed by atoms with Gasteiger partial charge in [-0.15, -0.1) is 0 Å². The molecule has 1 nitrogen and oxygen atoms in total. The lowest BCUT2D eigenvalue weighted by atomic mass is 10.1. The molecule has 10 heavy (non-hydrogen) atoms. The second kappa shape index (κ2) is 7.36. The maximum atomic E-state index is 2.27. The Morgan fingerprint density at radius 3 is 2.20 bits per heavy atom. The van der Waals surface area contributed by atoms with Crippen molar-refractivity contribution in [3.8, 4) is 0 Å². The Kier molecular flexibility index (Phi) is 9.48. The van der Waals surface area contributed by atoms with Crippen molar-refractivity contribution in [2.24, 2.45) is 5.92 Å². The van der Waals surface area contributed by atoms with Crippen molar-refractivity contribution < 1.29 is 12.4 Å². The number of halogens is 1. The Bertz CT molecular complexity index is 62.3. The fourth-order valence-electron chi connectivity index (χ4n) is 1.09. The number of hydrogen-bond acceptors (Lipinski definition) is 0. The molecule has 0 spiro atoms. The molecular formula is C8H20ClN. The van der Waals surface area contributed by atoms with E-state index >= 15 is 0 Å². The van der Waals surface area contributed by atoms with Gasteiger partial charge >= 0.3 is 0 Å². The topological polar surface area (TPSA) is 36.5 Å². The molecule has 1 saturated carbocycles. The second-order valence-electron chi connectivity index (χ2n) is 2.94. The summed E-state index contributed by atoms with van der Waals surface area (Å²) in [4.78, 5) is 0. The molecule has 0 bridgehead atoms. The van der Waals surface area contributed by atoms with Crippen molar-refractivity contribution in [3.63, 3.8) is 0 Å². The molecule has 2 heteroatoms. The van der Waals surface area contributed by atoms with E-state index in [2.05, 4.69) is 6.92 Å². The van der Waals surface area contributed by atoms with Gasteiger partial charge in [0.15, 0.2) is 0 Å². The summed E-state index contributed by atoms with van der Waals surface area (Å²) in [7, 11) is 0. The minimum absolute atomic E-state index is 0. The summed E-state index contributed by atoms with van der Waals surface area (Å²) in [5.74, 6) is 1.15. The molecule has 0 aromatic rings. The summed E-state index contributed by atoms with van der Waals surface area (Å²) in [6, 6.07) is 0. The zero-order valence-corrected chi connectivity index (χ0v) is 7.95. The third-order valence-electron chi connectivity index (χ3n) is 1.91. The quantitative estimate of drug-likeness (QED) is 0.585. The van der Waals surface area contributed by atoms with Crippen LogP contribution in [0, 0.1) is 5.92 Å². The first kappa shape index (κ1) is 12.9. The van der Waals surface area contributed by atoms with Crippen LogP contribution in [0.3, 0.4) is 0 Å². The molecule has 0 heterocycles. The largest absolute Gasteiger partial charge is 1.00 e. The molecule has 0 aliphatic heterocycles. The lowest BCUT2D eigenvalue weighted by Crippen LogP contribution is -3.00. The normalized spacial score (nSPS) is 15.3. The molecule has 0 saturated heterocycles. The molecule has 0 atom stereocenters. The second-order valence-corrected chi connectivity index (χ2v) is 2.94. The van der Waals surface area contributed by atoms with E-state index in [9.17, 15) is 0 Å². The van der Waals surface area contributed by atoms with Crippen LogP contribution < -0.4 is 18.6 Å². The minimum atomic E-state index is 0. The molecule has 0 aromatic heterocycles. The fraction of sp³-hybridized carbons (Fsp3) is 1.00. The van der Waals surface area contributed by atoms with E-state index in [1.807, 2.05) is 0 Å². The summed E-state index contributed by atoms with van der Waals surface area (Å²) >= 11 is 0. The van der Waals surface area contributed by atoms with Crippen LogP contribution in [0.15, 0.2) is 0 Å². The minimum Gasteiger partial charge on any atom is -1.00 e. The zero-order valence-electron chi connectivity index (χ0n) is 7.20. The first-order chi connectivity index (χ1) is 3.93. The predicted octanol–water partition coefficient (Wildman–Crippen LogP) is 0.357. The highest BCUT2D eigenvalue weighted by Gasteiger charge is 2.19. The van der Waals surface area contributed by atoms with E-state index in [-0.39, 0.29) is 18.6 Å². The Labute approximate surface area is 70.6 Å². The monoisotopic (exact) mass is 165 g/mol. The van der Waals surface area contributed by atoms with Crippen molar-refractivity contribution in [3.05, 3.63) is 0 Å². The van der Waals surface area contributed by atoms with Crippen molar-refractivity contribution in [1.82, 2.24) is 6.15 Å². The molecular weight excluding hydrogens is 146 g/mol. The van der Waals surface area contributed by atoms with E-state index in [0.717, 1.165) is 5.92 Å². The summed E-state index contributed by atoms with van der Waals surface area (Å²) in [5, 5.41) is 0. The van der Waals surface area contributed by atoms with E-state index in [4.69, 9.17) is 0 Å². The highest BCUT2D eigenvalue weighted by atomic mass is 35.5. The smallest absolute Gasteiger partial charge is 0.0414 e. The van der Waals surface area contributed by atoms with Crippen molar-refractivity contribution in [2.75, 3.05) is 0 Å². The van der Waals surface area contributed by atoms with Gasteiger partial charge in [0.25, 0.3) is 0 Å². The molecule has 1 aliphatic rings. The van der Waals surface area contributed by atoms with Crippen LogP contribution in [0.2, 0.25) is 0 Å². The highest BCUT2D eigenvalue weighted by Crippen LogP contribution is 2.33. The molecule has 4 N–H and O–H groups in total. The Hall–Kier alpha value is 0.250. The van der Waals surface area contributed by atoms with Crippen LogP contribution in [-0.2, 0) is 0 Å². The van der Waals surface area contributed by atoms with Gasteiger partial charge in [-0.2, -0.15) is 0 Å². The van der Waals surface area contributed by atoms with E-state index in [1.165, 1.54) is 38.5 Å². The third kappa shape index (κ3) is 6.37. The molecule has 0 aromatic carbocycles. The Morgan fingerprint density at radius 1 is 1.20 bits per heavy atom. The first-order valence-corrected chi connectivity index (χ1v) is 3.93. The van der Waals surface area contributed by atoms with Crippen molar-refractivity contribution >= 4 is 0 Å². The van der Waals surface area contributed by atoms with Crippen LogP contribution >= 0.6 is 0 Å². The van der Waals surface area contributed by atoms with Crippen LogP contribution in [0.25, 0.3) is 0 Å². The summed E-state index contributed by atoms with van der Waals surface area (Å²) in [5.41, 5.74) is 0. The van der Waals surface area contributed by atoms with E-state index < -0.39 is 0 Å². The van der Waals surface area contributed by atoms with Crippen LogP contribution in [0.5, 0.6) is 0 Å². The number of unbranched alkanes of at least 4 members (excludes halogenated alkanes) is 2. The van der Waals surface area contributed by atoms with Gasteiger partial charge in [0.1, 0.15) is 0 Å². The zero-order chi connectivity index (χ0) is 5.82. The van der Waals surface area contributed by atoms with Crippen molar-refractivity contribution in [1.29, 1.82) is 0 Å². The van der Waals surface area contributed by atoms with E-state index in [1.54, 1.807) is 0 Å². The highest BCUT2D eigenvalue weighted by molar-refractivity contribution is 4.72. The summed E-state index contributed by atoms with van der Waals surface area (Å²) in [6.45, 7) is 2.27. The van der Waals surface area contributed by atoms with Crippen LogP contribution in [0.4, 0.5) is 0 Å². The summed E-state index contributed by atoms with van der Waals surface area (Å²) in [6.07, 6.45) is 8.91. The predicted molar refractivity (Wildman–Crippen MR) is 42.9 cm³/mol. The fourth-order valence-corrected chi connectivity index (χ4v) is 1.09. The van der Waals surface area contributed by atoms with Gasteiger partial charge in [0.05, 0.1) is 0 Å². The first-order valence-electron chi connectivity index (χ1n) is 3.93. The lowest BCUT2D eigenvalue weighted by Gasteiger charge is -1.92. The van der Waals surface area contributed by atoms with Gasteiger partial charge in [-0.05, 0) is 5.92 Å². The molecule has 0 unspecified atom stereocenters. The van der Waals surface area contributed by atoms with Gasteiger partial charge in [-0.1, -0.05) is 45.4 Å². The van der Waals surface area contributed by atoms with E-state index in [0.29, 0.717) is 0 Å². The molecule has 0 radical (unpaired) electrons. The molecule has 1 rings (SSSR count). The number of quaternary nitrogens is 1. The van der Waals surface area contributed by atoms with Crippen LogP contribution in [-0.4, -0.2) is 0 Å². The van der Waals surface area contributed by atoms with Gasteiger partial charge < -0.3 is 18.6 Å². The Balaban J connectivity index is 0. The van der Waals surface area contributed by atoms with Crippen molar-refractivity contribution in [2.45, 2.75) is 45.4 Å². The summed E-state index contributed by atoms with van der Waals surface area (Å²) < 4.78 is 0. The van der Waals surface area contributed by atoms with Crippen LogP contribution in [0.1, 0.15) is 45.4 Å². The van der Waals surface area contributed by atoms with Gasteiger partial charge in [0.2, 0.25) is 0 Å². The Morgan fingerprint density at radius 2 is 1.80 bits per heavy atom. The SMILES string of the molecule is CCCCCC1CC1.[Cl-].[NH4+]. The maximum absolute atomic E-state index is 2.27. The lowest BCUT2D eigenvalue weighted by molar-refractivity contribution is -0.00000230. The third-order valence-corrected chi connectivity index (χ3v) is 1.91. The molecule has 64 valence electrons. The maximum Gasteiger partial charge on any atom is -0.0414 e. The molecule has 0 amide bonds. The van der Waals surface area contributed by atoms with Gasteiger partial charge in [-0.25, -0.2) is 0 Å². The average Bonchev–Trinajstić information content (AvgIpc) is 2.51. The average molecular weight is 166 g/mol. The molecule has 1 fully saturated rings. The molecule has 1 aliphatic carbocycles. The number of rotatable bonds is 4.